The fraction of sp³-hybridized carbons (Fsp3) is 0.125. The van der Waals surface area contributed by atoms with Crippen LogP contribution in [0.15, 0.2) is 70.2 Å². The van der Waals surface area contributed by atoms with Gasteiger partial charge in [0.2, 0.25) is 0 Å². The highest BCUT2D eigenvalue weighted by Crippen LogP contribution is 2.26. The van der Waals surface area contributed by atoms with Gasteiger partial charge in [-0.05, 0) is 82.9 Å². The second kappa shape index (κ2) is 11.2. The van der Waals surface area contributed by atoms with Crippen LogP contribution in [0.25, 0.3) is 0 Å². The van der Waals surface area contributed by atoms with E-state index in [1.54, 1.807) is 18.2 Å². The molecule has 0 atom stereocenters. The summed E-state index contributed by atoms with van der Waals surface area (Å²) in [5.41, 5.74) is 6.01. The van der Waals surface area contributed by atoms with Crippen LogP contribution in [0.5, 0.6) is 5.75 Å². The molecular formula is C24H21BrN4O5. The first-order valence-electron chi connectivity index (χ1n) is 10.1. The Morgan fingerprint density at radius 2 is 1.85 bits per heavy atom. The van der Waals surface area contributed by atoms with E-state index in [0.717, 1.165) is 16.8 Å². The van der Waals surface area contributed by atoms with Crippen molar-refractivity contribution in [3.8, 4) is 5.75 Å². The van der Waals surface area contributed by atoms with Gasteiger partial charge in [-0.2, -0.15) is 5.10 Å². The lowest BCUT2D eigenvalue weighted by molar-refractivity contribution is -0.384. The first-order chi connectivity index (χ1) is 16.2. The van der Waals surface area contributed by atoms with E-state index >= 15 is 0 Å². The van der Waals surface area contributed by atoms with Crippen LogP contribution < -0.4 is 15.5 Å². The van der Waals surface area contributed by atoms with Gasteiger partial charge in [0, 0.05) is 23.4 Å². The van der Waals surface area contributed by atoms with Gasteiger partial charge in [-0.1, -0.05) is 12.1 Å². The number of aryl methyl sites for hydroxylation is 1. The van der Waals surface area contributed by atoms with Crippen molar-refractivity contribution in [2.75, 3.05) is 11.9 Å². The molecule has 0 fully saturated rings. The second-order valence-electron chi connectivity index (χ2n) is 7.28. The summed E-state index contributed by atoms with van der Waals surface area (Å²) in [7, 11) is 0. The quantitative estimate of drug-likeness (QED) is 0.250. The van der Waals surface area contributed by atoms with Crippen molar-refractivity contribution in [1.29, 1.82) is 0 Å². The first-order valence-corrected chi connectivity index (χ1v) is 10.9. The predicted molar refractivity (Wildman–Crippen MR) is 132 cm³/mol. The predicted octanol–water partition coefficient (Wildman–Crippen LogP) is 4.76. The third kappa shape index (κ3) is 6.48. The van der Waals surface area contributed by atoms with Crippen LogP contribution >= 0.6 is 15.9 Å². The molecule has 10 heteroatoms. The molecule has 0 unspecified atom stereocenters. The third-order valence-electron chi connectivity index (χ3n) is 4.91. The number of hydrogen-bond acceptors (Lipinski definition) is 6. The smallest absolute Gasteiger partial charge is 0.271 e. The number of carbonyl (C=O) groups excluding carboxylic acids is 2. The van der Waals surface area contributed by atoms with Crippen molar-refractivity contribution in [2.24, 2.45) is 5.10 Å². The number of benzene rings is 3. The van der Waals surface area contributed by atoms with Gasteiger partial charge >= 0.3 is 0 Å². The molecule has 0 saturated heterocycles. The molecular weight excluding hydrogens is 504 g/mol. The molecule has 0 saturated carbocycles. The van der Waals surface area contributed by atoms with E-state index in [0.29, 0.717) is 15.8 Å². The molecule has 2 amide bonds. The van der Waals surface area contributed by atoms with Crippen molar-refractivity contribution < 1.29 is 19.2 Å². The van der Waals surface area contributed by atoms with Gasteiger partial charge in [-0.15, -0.1) is 0 Å². The fourth-order valence-electron chi connectivity index (χ4n) is 2.90. The number of hydrogen-bond donors (Lipinski definition) is 2. The zero-order valence-corrected chi connectivity index (χ0v) is 20.0. The number of carbonyl (C=O) groups is 2. The van der Waals surface area contributed by atoms with E-state index in [1.807, 2.05) is 32.0 Å². The van der Waals surface area contributed by atoms with Crippen LogP contribution in [-0.2, 0) is 4.79 Å². The van der Waals surface area contributed by atoms with Gasteiger partial charge in [0.1, 0.15) is 5.75 Å². The van der Waals surface area contributed by atoms with E-state index in [-0.39, 0.29) is 23.8 Å². The summed E-state index contributed by atoms with van der Waals surface area (Å²) < 4.78 is 6.21. The highest BCUT2D eigenvalue weighted by molar-refractivity contribution is 9.10. The van der Waals surface area contributed by atoms with Gasteiger partial charge in [0.05, 0.1) is 15.6 Å². The van der Waals surface area contributed by atoms with Gasteiger partial charge in [-0.25, -0.2) is 5.43 Å². The Labute approximate surface area is 204 Å². The largest absolute Gasteiger partial charge is 0.483 e. The highest BCUT2D eigenvalue weighted by Gasteiger charge is 2.10. The number of rotatable bonds is 8. The van der Waals surface area contributed by atoms with Gasteiger partial charge in [0.25, 0.3) is 17.5 Å². The minimum absolute atomic E-state index is 0.102. The summed E-state index contributed by atoms with van der Waals surface area (Å²) in [5, 5.41) is 17.4. The van der Waals surface area contributed by atoms with Crippen molar-refractivity contribution in [3.05, 3.63) is 97.5 Å². The number of hydrazone groups is 1. The zero-order chi connectivity index (χ0) is 24.7. The summed E-state index contributed by atoms with van der Waals surface area (Å²) in [6, 6.07) is 16.0. The van der Waals surface area contributed by atoms with Crippen molar-refractivity contribution in [1.82, 2.24) is 5.43 Å². The molecule has 0 aliphatic heterocycles. The molecule has 3 aromatic carbocycles. The average molecular weight is 525 g/mol. The molecule has 34 heavy (non-hydrogen) atoms. The van der Waals surface area contributed by atoms with Crippen molar-refractivity contribution in [2.45, 2.75) is 13.8 Å². The highest BCUT2D eigenvalue weighted by atomic mass is 79.9. The molecule has 0 radical (unpaired) electrons. The van der Waals surface area contributed by atoms with Crippen molar-refractivity contribution >= 4 is 45.3 Å². The number of halogens is 1. The van der Waals surface area contributed by atoms with Crippen LogP contribution in [0.1, 0.15) is 27.0 Å². The summed E-state index contributed by atoms with van der Waals surface area (Å²) in [6.07, 6.45) is 1.44. The van der Waals surface area contributed by atoms with E-state index in [2.05, 4.69) is 31.8 Å². The Bertz CT molecular complexity index is 1260. The molecule has 0 aliphatic rings. The Kier molecular flexibility index (Phi) is 8.10. The fourth-order valence-corrected chi connectivity index (χ4v) is 3.41. The number of amides is 2. The Hall–Kier alpha value is -4.05. The van der Waals surface area contributed by atoms with Gasteiger partial charge in [0.15, 0.2) is 6.61 Å². The number of ether oxygens (including phenoxy) is 1. The Morgan fingerprint density at radius 1 is 1.12 bits per heavy atom. The van der Waals surface area contributed by atoms with Gasteiger partial charge < -0.3 is 10.1 Å². The first kappa shape index (κ1) is 24.6. The van der Waals surface area contributed by atoms with Crippen molar-refractivity contribution in [3.63, 3.8) is 0 Å². The molecule has 0 aliphatic carbocycles. The number of nitro groups is 1. The van der Waals surface area contributed by atoms with Crippen LogP contribution in [0.4, 0.5) is 11.4 Å². The molecule has 0 bridgehead atoms. The monoisotopic (exact) mass is 524 g/mol. The maximum atomic E-state index is 12.3. The van der Waals surface area contributed by atoms with Crippen LogP contribution in [0, 0.1) is 24.0 Å². The van der Waals surface area contributed by atoms with Crippen LogP contribution in [0.2, 0.25) is 0 Å². The van der Waals surface area contributed by atoms with E-state index in [9.17, 15) is 19.7 Å². The number of non-ortho nitro benzene ring substituents is 1. The summed E-state index contributed by atoms with van der Waals surface area (Å²) in [5.74, 6) is -0.302. The number of anilines is 1. The van der Waals surface area contributed by atoms with E-state index < -0.39 is 10.8 Å². The standard InChI is InChI=1S/C24H21BrN4O5/c1-15-4-3-5-21(16(15)2)27-23(30)14-34-22-11-6-17(12-20(22)25)13-26-28-24(31)18-7-9-19(10-8-18)29(32)33/h3-13H,14H2,1-2H3,(H,27,30)(H,28,31)/b26-13+. The summed E-state index contributed by atoms with van der Waals surface area (Å²) >= 11 is 3.40. The molecule has 174 valence electrons. The topological polar surface area (TPSA) is 123 Å². The summed E-state index contributed by atoms with van der Waals surface area (Å²) in [6.45, 7) is 3.76. The van der Waals surface area contributed by atoms with Crippen LogP contribution in [-0.4, -0.2) is 29.6 Å². The minimum atomic E-state index is -0.539. The van der Waals surface area contributed by atoms with Gasteiger partial charge in [-0.3, -0.25) is 19.7 Å². The van der Waals surface area contributed by atoms with Crippen LogP contribution in [0.3, 0.4) is 0 Å². The minimum Gasteiger partial charge on any atom is -0.483 e. The SMILES string of the molecule is Cc1cccc(NC(=O)COc2ccc(/C=N/NC(=O)c3ccc([N+](=O)[O-])cc3)cc2Br)c1C. The Morgan fingerprint density at radius 3 is 2.53 bits per heavy atom. The van der Waals surface area contributed by atoms with E-state index in [4.69, 9.17) is 4.74 Å². The second-order valence-corrected chi connectivity index (χ2v) is 8.13. The molecule has 0 heterocycles. The maximum absolute atomic E-state index is 12.3. The maximum Gasteiger partial charge on any atom is 0.271 e. The molecule has 0 aromatic heterocycles. The lowest BCUT2D eigenvalue weighted by Crippen LogP contribution is -2.21. The molecule has 0 spiro atoms. The molecule has 3 aromatic rings. The number of nitro benzene ring substituents is 1. The van der Waals surface area contributed by atoms with E-state index in [1.165, 1.54) is 30.5 Å². The Balaban J connectivity index is 1.53. The molecule has 2 N–H and O–H groups in total. The lowest BCUT2D eigenvalue weighted by atomic mass is 10.1. The number of nitrogens with zero attached hydrogens (tertiary/aromatic N) is 2. The normalized spacial score (nSPS) is 10.7. The zero-order valence-electron chi connectivity index (χ0n) is 18.4. The molecule has 3 rings (SSSR count). The molecule has 9 nitrogen and oxygen atoms in total. The summed E-state index contributed by atoms with van der Waals surface area (Å²) in [4.78, 5) is 34.5. The lowest BCUT2D eigenvalue weighted by Gasteiger charge is -2.12. The number of nitrogens with one attached hydrogen (secondary N) is 2. The third-order valence-corrected chi connectivity index (χ3v) is 5.53. The average Bonchev–Trinajstić information content (AvgIpc) is 2.81.